The van der Waals surface area contributed by atoms with Crippen LogP contribution in [-0.2, 0) is 33.8 Å². The lowest BCUT2D eigenvalue weighted by atomic mass is 9.96. The summed E-state index contributed by atoms with van der Waals surface area (Å²) in [6, 6.07) is 19.0. The minimum Gasteiger partial charge on any atom is -0.481 e. The Labute approximate surface area is 190 Å². The van der Waals surface area contributed by atoms with Crippen LogP contribution in [0.2, 0.25) is 0 Å². The molecule has 0 fully saturated rings. The smallest absolute Gasteiger partial charge is 0.312 e. The van der Waals surface area contributed by atoms with Gasteiger partial charge in [-0.05, 0) is 66.1 Å². The number of halogens is 1. The molecule has 0 bridgehead atoms. The molecular weight excluding hydrogens is 429 g/mol. The lowest BCUT2D eigenvalue weighted by Gasteiger charge is -2.13. The lowest BCUT2D eigenvalue weighted by molar-refractivity contribution is -0.144. The highest BCUT2D eigenvalue weighted by Crippen LogP contribution is 2.23. The number of carbonyl (C=O) groups excluding carboxylic acids is 1. The molecule has 1 heterocycles. The van der Waals surface area contributed by atoms with Gasteiger partial charge in [-0.1, -0.05) is 30.3 Å². The van der Waals surface area contributed by atoms with Crippen molar-refractivity contribution in [2.45, 2.75) is 30.8 Å². The maximum absolute atomic E-state index is 13.0. The number of pyridine rings is 1. The quantitative estimate of drug-likeness (QED) is 0.328. The summed E-state index contributed by atoms with van der Waals surface area (Å²) in [6.07, 6.45) is 2.67. The maximum atomic E-state index is 13.0. The van der Waals surface area contributed by atoms with Crippen molar-refractivity contribution in [3.8, 4) is 0 Å². The van der Waals surface area contributed by atoms with Crippen LogP contribution in [0.5, 0.6) is 0 Å². The molecular formula is C25H24FNO4S. The molecule has 0 radical (unpaired) electrons. The van der Waals surface area contributed by atoms with Gasteiger partial charge < -0.3 is 9.84 Å². The molecule has 1 atom stereocenters. The number of carboxylic acid groups (broad SMARTS) is 1. The van der Waals surface area contributed by atoms with E-state index in [2.05, 4.69) is 4.98 Å². The van der Waals surface area contributed by atoms with Crippen molar-refractivity contribution >= 4 is 23.7 Å². The zero-order valence-electron chi connectivity index (χ0n) is 17.4. The second-order valence-corrected chi connectivity index (χ2v) is 8.47. The van der Waals surface area contributed by atoms with E-state index in [9.17, 15) is 19.1 Å². The minimum absolute atomic E-state index is 0.120. The summed E-state index contributed by atoms with van der Waals surface area (Å²) in [7, 11) is 0. The first kappa shape index (κ1) is 23.5. The third-order valence-corrected chi connectivity index (χ3v) is 5.90. The summed E-state index contributed by atoms with van der Waals surface area (Å²) in [5, 5.41) is 9.57. The van der Waals surface area contributed by atoms with Crippen LogP contribution < -0.4 is 0 Å². The zero-order chi connectivity index (χ0) is 22.8. The van der Waals surface area contributed by atoms with Gasteiger partial charge in [0.25, 0.3) is 0 Å². The Bertz CT molecular complexity index is 1010. The molecule has 0 aliphatic rings. The van der Waals surface area contributed by atoms with Crippen LogP contribution in [0.15, 0.2) is 77.8 Å². The molecule has 3 aromatic rings. The molecule has 0 saturated heterocycles. The average Bonchev–Trinajstić information content (AvgIpc) is 2.80. The Morgan fingerprint density at radius 3 is 2.38 bits per heavy atom. The zero-order valence-corrected chi connectivity index (χ0v) is 18.3. The number of rotatable bonds is 11. The first-order valence-corrected chi connectivity index (χ1v) is 11.2. The first-order valence-electron chi connectivity index (χ1n) is 10.2. The average molecular weight is 454 g/mol. The van der Waals surface area contributed by atoms with Gasteiger partial charge in [0, 0.05) is 11.1 Å². The van der Waals surface area contributed by atoms with Crippen LogP contribution in [0.4, 0.5) is 4.39 Å². The molecule has 0 saturated carbocycles. The van der Waals surface area contributed by atoms with Gasteiger partial charge in [0.05, 0.1) is 18.0 Å². The SMILES string of the molecule is O=C(Cc1ccccn1)OCc1ccc(CC(CCSc2ccc(F)cc2)C(=O)O)cc1. The lowest BCUT2D eigenvalue weighted by Crippen LogP contribution is -2.17. The molecule has 32 heavy (non-hydrogen) atoms. The number of benzene rings is 2. The summed E-state index contributed by atoms with van der Waals surface area (Å²) in [5.74, 6) is -1.35. The number of thioether (sulfide) groups is 1. The fourth-order valence-corrected chi connectivity index (χ4v) is 4.05. The van der Waals surface area contributed by atoms with E-state index >= 15 is 0 Å². The predicted octanol–water partition coefficient (Wildman–Crippen LogP) is 4.93. The summed E-state index contributed by atoms with van der Waals surface area (Å²) < 4.78 is 18.3. The van der Waals surface area contributed by atoms with E-state index in [0.29, 0.717) is 24.3 Å². The Hall–Kier alpha value is -3.19. The van der Waals surface area contributed by atoms with E-state index in [0.717, 1.165) is 16.0 Å². The molecule has 3 rings (SSSR count). The number of aliphatic carboxylic acids is 1. The van der Waals surface area contributed by atoms with Gasteiger partial charge >= 0.3 is 11.9 Å². The number of hydrogen-bond acceptors (Lipinski definition) is 5. The van der Waals surface area contributed by atoms with Crippen molar-refractivity contribution in [2.75, 3.05) is 5.75 Å². The molecule has 1 unspecified atom stereocenters. The first-order chi connectivity index (χ1) is 15.5. The van der Waals surface area contributed by atoms with E-state index in [1.165, 1.54) is 23.9 Å². The largest absolute Gasteiger partial charge is 0.481 e. The molecule has 166 valence electrons. The molecule has 2 aromatic carbocycles. The van der Waals surface area contributed by atoms with Crippen LogP contribution in [0.25, 0.3) is 0 Å². The van der Waals surface area contributed by atoms with Gasteiger partial charge in [0.15, 0.2) is 0 Å². The second kappa shape index (κ2) is 12.0. The predicted molar refractivity (Wildman–Crippen MR) is 121 cm³/mol. The number of hydrogen-bond donors (Lipinski definition) is 1. The molecule has 0 spiro atoms. The van der Waals surface area contributed by atoms with Crippen LogP contribution >= 0.6 is 11.8 Å². The number of carbonyl (C=O) groups is 2. The van der Waals surface area contributed by atoms with Crippen molar-refractivity contribution in [3.63, 3.8) is 0 Å². The van der Waals surface area contributed by atoms with Gasteiger partial charge in [-0.3, -0.25) is 14.6 Å². The van der Waals surface area contributed by atoms with Gasteiger partial charge in [0.2, 0.25) is 0 Å². The highest BCUT2D eigenvalue weighted by atomic mass is 32.2. The van der Waals surface area contributed by atoms with Gasteiger partial charge in [0.1, 0.15) is 12.4 Å². The van der Waals surface area contributed by atoms with Crippen LogP contribution in [0.1, 0.15) is 23.2 Å². The number of ether oxygens (including phenoxy) is 1. The summed E-state index contributed by atoms with van der Waals surface area (Å²) in [6.45, 7) is 0.155. The third-order valence-electron chi connectivity index (χ3n) is 4.85. The Morgan fingerprint density at radius 1 is 1.00 bits per heavy atom. The van der Waals surface area contributed by atoms with Crippen LogP contribution in [-0.4, -0.2) is 27.8 Å². The van der Waals surface area contributed by atoms with Crippen LogP contribution in [0, 0.1) is 11.7 Å². The molecule has 0 aliphatic carbocycles. The van der Waals surface area contributed by atoms with Gasteiger partial charge in [-0.2, -0.15) is 0 Å². The number of esters is 1. The molecule has 1 N–H and O–H groups in total. The summed E-state index contributed by atoms with van der Waals surface area (Å²) in [4.78, 5) is 28.6. The molecule has 1 aromatic heterocycles. The van der Waals surface area contributed by atoms with Crippen molar-refractivity contribution < 1.29 is 23.8 Å². The van der Waals surface area contributed by atoms with E-state index < -0.39 is 11.9 Å². The monoisotopic (exact) mass is 453 g/mol. The molecule has 0 amide bonds. The van der Waals surface area contributed by atoms with Crippen molar-refractivity contribution in [2.24, 2.45) is 5.92 Å². The Morgan fingerprint density at radius 2 is 1.72 bits per heavy atom. The van der Waals surface area contributed by atoms with Crippen molar-refractivity contribution in [3.05, 3.63) is 95.6 Å². The number of aromatic nitrogens is 1. The van der Waals surface area contributed by atoms with Crippen molar-refractivity contribution in [1.82, 2.24) is 4.98 Å². The normalized spacial score (nSPS) is 11.7. The number of carboxylic acids is 1. The highest BCUT2D eigenvalue weighted by Gasteiger charge is 2.18. The van der Waals surface area contributed by atoms with Gasteiger partial charge in [-0.15, -0.1) is 11.8 Å². The third kappa shape index (κ3) is 7.81. The van der Waals surface area contributed by atoms with E-state index in [4.69, 9.17) is 4.74 Å². The van der Waals surface area contributed by atoms with Gasteiger partial charge in [-0.25, -0.2) is 4.39 Å². The Kier molecular flexibility index (Phi) is 8.80. The second-order valence-electron chi connectivity index (χ2n) is 7.31. The van der Waals surface area contributed by atoms with Crippen molar-refractivity contribution in [1.29, 1.82) is 0 Å². The van der Waals surface area contributed by atoms with E-state index in [1.807, 2.05) is 30.3 Å². The molecule has 0 aliphatic heterocycles. The van der Waals surface area contributed by atoms with E-state index in [1.54, 1.807) is 30.5 Å². The Balaban J connectivity index is 1.45. The highest BCUT2D eigenvalue weighted by molar-refractivity contribution is 7.99. The summed E-state index contributed by atoms with van der Waals surface area (Å²) >= 11 is 1.51. The molecule has 7 heteroatoms. The van der Waals surface area contributed by atoms with E-state index in [-0.39, 0.29) is 24.8 Å². The minimum atomic E-state index is -0.836. The molecule has 5 nitrogen and oxygen atoms in total. The fraction of sp³-hybridized carbons (Fsp3) is 0.240. The standard InChI is InChI=1S/C25H24FNO4S/c26-21-8-10-23(11-9-21)32-14-12-20(25(29)30)15-18-4-6-19(7-5-18)17-31-24(28)16-22-3-1-2-13-27-22/h1-11,13,20H,12,14-17H2,(H,29,30). The maximum Gasteiger partial charge on any atom is 0.312 e. The fourth-order valence-electron chi connectivity index (χ4n) is 3.08. The summed E-state index contributed by atoms with van der Waals surface area (Å²) in [5.41, 5.74) is 2.40. The van der Waals surface area contributed by atoms with Crippen LogP contribution in [0.3, 0.4) is 0 Å². The number of nitrogens with zero attached hydrogens (tertiary/aromatic N) is 1. The topological polar surface area (TPSA) is 76.5 Å².